The molecule has 0 radical (unpaired) electrons. The normalized spacial score (nSPS) is 22.2. The van der Waals surface area contributed by atoms with Gasteiger partial charge in [-0.25, -0.2) is 0 Å². The summed E-state index contributed by atoms with van der Waals surface area (Å²) in [6.45, 7) is 1.33. The van der Waals surface area contributed by atoms with Gasteiger partial charge < -0.3 is 15.4 Å². The number of amides is 1. The van der Waals surface area contributed by atoms with E-state index in [0.29, 0.717) is 12.5 Å². The van der Waals surface area contributed by atoms with E-state index in [-0.39, 0.29) is 5.91 Å². The van der Waals surface area contributed by atoms with Gasteiger partial charge in [0.2, 0.25) is 0 Å². The van der Waals surface area contributed by atoms with Gasteiger partial charge >= 0.3 is 0 Å². The number of carbonyl (C=O) groups excluding carboxylic acids is 1. The molecule has 1 fully saturated rings. The average Bonchev–Trinajstić information content (AvgIpc) is 2.97. The summed E-state index contributed by atoms with van der Waals surface area (Å²) in [4.78, 5) is 12.1. The molecule has 1 aliphatic carbocycles. The number of rotatable bonds is 3. The first-order chi connectivity index (χ1) is 9.33. The quantitative estimate of drug-likeness (QED) is 0.875. The average molecular weight is 260 g/mol. The lowest BCUT2D eigenvalue weighted by molar-refractivity contribution is -0.127. The molecule has 4 nitrogen and oxygen atoms in total. The van der Waals surface area contributed by atoms with E-state index in [9.17, 15) is 4.79 Å². The minimum atomic E-state index is -0.420. The Kier molecular flexibility index (Phi) is 3.58. The Morgan fingerprint density at radius 3 is 2.95 bits per heavy atom. The van der Waals surface area contributed by atoms with E-state index in [4.69, 9.17) is 4.74 Å². The minimum Gasteiger partial charge on any atom is -0.477 e. The molecule has 1 aromatic carbocycles. The third-order valence-corrected chi connectivity index (χ3v) is 3.97. The number of carbonyl (C=O) groups is 1. The fourth-order valence-electron chi connectivity index (χ4n) is 2.83. The maximum Gasteiger partial charge on any atom is 0.262 e. The van der Waals surface area contributed by atoms with Gasteiger partial charge in [-0.3, -0.25) is 4.79 Å². The smallest absolute Gasteiger partial charge is 0.262 e. The topological polar surface area (TPSA) is 50.4 Å². The largest absolute Gasteiger partial charge is 0.477 e. The van der Waals surface area contributed by atoms with Gasteiger partial charge in [0.05, 0.1) is 12.2 Å². The third kappa shape index (κ3) is 2.83. The summed E-state index contributed by atoms with van der Waals surface area (Å²) in [6, 6.07) is 7.72. The molecule has 2 aliphatic rings. The summed E-state index contributed by atoms with van der Waals surface area (Å²) >= 11 is 0. The second-order valence-electron chi connectivity index (χ2n) is 5.38. The van der Waals surface area contributed by atoms with Gasteiger partial charge in [-0.2, -0.15) is 0 Å². The van der Waals surface area contributed by atoms with E-state index >= 15 is 0 Å². The van der Waals surface area contributed by atoms with Crippen LogP contribution in [0.5, 0.6) is 5.75 Å². The van der Waals surface area contributed by atoms with Crippen LogP contribution in [-0.2, 0) is 4.79 Å². The van der Waals surface area contributed by atoms with Crippen molar-refractivity contribution in [2.75, 3.05) is 18.4 Å². The number of anilines is 1. The van der Waals surface area contributed by atoms with Crippen LogP contribution < -0.4 is 15.4 Å². The van der Waals surface area contributed by atoms with Gasteiger partial charge in [0.15, 0.2) is 6.10 Å². The number of nitrogens with one attached hydrogen (secondary N) is 2. The molecule has 1 saturated carbocycles. The maximum atomic E-state index is 12.1. The summed E-state index contributed by atoms with van der Waals surface area (Å²) in [5.74, 6) is 1.41. The van der Waals surface area contributed by atoms with E-state index in [0.717, 1.165) is 18.0 Å². The van der Waals surface area contributed by atoms with Gasteiger partial charge in [0, 0.05) is 6.54 Å². The van der Waals surface area contributed by atoms with Gasteiger partial charge in [0.1, 0.15) is 5.75 Å². The first kappa shape index (κ1) is 12.3. The Bertz CT molecular complexity index is 455. The number of hydrogen-bond acceptors (Lipinski definition) is 3. The van der Waals surface area contributed by atoms with Crippen LogP contribution in [0.3, 0.4) is 0 Å². The monoisotopic (exact) mass is 260 g/mol. The maximum absolute atomic E-state index is 12.1. The fraction of sp³-hybridized carbons (Fsp3) is 0.533. The van der Waals surface area contributed by atoms with E-state index in [2.05, 4.69) is 10.6 Å². The molecule has 102 valence electrons. The molecule has 1 heterocycles. The molecule has 1 aliphatic heterocycles. The van der Waals surface area contributed by atoms with E-state index in [1.807, 2.05) is 24.3 Å². The summed E-state index contributed by atoms with van der Waals surface area (Å²) < 4.78 is 5.73. The van der Waals surface area contributed by atoms with Crippen LogP contribution in [-0.4, -0.2) is 25.1 Å². The number of benzene rings is 1. The van der Waals surface area contributed by atoms with Crippen molar-refractivity contribution in [2.24, 2.45) is 5.92 Å². The van der Waals surface area contributed by atoms with Crippen LogP contribution >= 0.6 is 0 Å². The van der Waals surface area contributed by atoms with Gasteiger partial charge in [-0.15, -0.1) is 0 Å². The van der Waals surface area contributed by atoms with Crippen molar-refractivity contribution in [3.63, 3.8) is 0 Å². The first-order valence-electron chi connectivity index (χ1n) is 7.10. The minimum absolute atomic E-state index is 0.00565. The molecule has 0 spiro atoms. The molecule has 0 saturated heterocycles. The zero-order chi connectivity index (χ0) is 13.1. The van der Waals surface area contributed by atoms with Crippen LogP contribution in [0.25, 0.3) is 0 Å². The molecule has 1 unspecified atom stereocenters. The molecule has 2 N–H and O–H groups in total. The van der Waals surface area contributed by atoms with Crippen molar-refractivity contribution in [2.45, 2.75) is 31.8 Å². The Hall–Kier alpha value is -1.71. The van der Waals surface area contributed by atoms with Crippen molar-refractivity contribution >= 4 is 11.6 Å². The number of fused-ring (bicyclic) bond motifs is 1. The molecule has 4 heteroatoms. The van der Waals surface area contributed by atoms with Crippen LogP contribution in [0.4, 0.5) is 5.69 Å². The highest BCUT2D eigenvalue weighted by molar-refractivity contribution is 5.83. The van der Waals surface area contributed by atoms with Crippen molar-refractivity contribution in [1.82, 2.24) is 5.32 Å². The Balaban J connectivity index is 1.54. The van der Waals surface area contributed by atoms with Gasteiger partial charge in [0.25, 0.3) is 5.91 Å². The number of hydrogen-bond donors (Lipinski definition) is 2. The van der Waals surface area contributed by atoms with Crippen molar-refractivity contribution in [1.29, 1.82) is 0 Å². The SMILES string of the molecule is O=C(NCC1CCCC1)C1CNc2ccccc2O1. The van der Waals surface area contributed by atoms with Crippen LogP contribution in [0.2, 0.25) is 0 Å². The lowest BCUT2D eigenvalue weighted by Gasteiger charge is -2.26. The molecule has 19 heavy (non-hydrogen) atoms. The molecule has 0 aromatic heterocycles. The van der Waals surface area contributed by atoms with Crippen LogP contribution in [0.15, 0.2) is 24.3 Å². The molecular formula is C15H20N2O2. The van der Waals surface area contributed by atoms with E-state index in [1.54, 1.807) is 0 Å². The summed E-state index contributed by atoms with van der Waals surface area (Å²) in [5.41, 5.74) is 0.961. The van der Waals surface area contributed by atoms with E-state index < -0.39 is 6.10 Å². The van der Waals surface area contributed by atoms with Crippen LogP contribution in [0, 0.1) is 5.92 Å². The van der Waals surface area contributed by atoms with Crippen LogP contribution in [0.1, 0.15) is 25.7 Å². The first-order valence-corrected chi connectivity index (χ1v) is 7.10. The molecular weight excluding hydrogens is 240 g/mol. The Morgan fingerprint density at radius 1 is 1.32 bits per heavy atom. The third-order valence-electron chi connectivity index (χ3n) is 3.97. The van der Waals surface area contributed by atoms with Gasteiger partial charge in [-0.05, 0) is 30.9 Å². The summed E-state index contributed by atoms with van der Waals surface area (Å²) in [5, 5.41) is 6.26. The summed E-state index contributed by atoms with van der Waals surface area (Å²) in [7, 11) is 0. The number of ether oxygens (including phenoxy) is 1. The zero-order valence-corrected chi connectivity index (χ0v) is 11.0. The lowest BCUT2D eigenvalue weighted by atomic mass is 10.1. The van der Waals surface area contributed by atoms with Gasteiger partial charge in [-0.1, -0.05) is 25.0 Å². The predicted molar refractivity (Wildman–Crippen MR) is 74.3 cm³/mol. The molecule has 1 amide bonds. The Morgan fingerprint density at radius 2 is 2.11 bits per heavy atom. The van der Waals surface area contributed by atoms with E-state index in [1.165, 1.54) is 25.7 Å². The van der Waals surface area contributed by atoms with Crippen molar-refractivity contribution in [3.05, 3.63) is 24.3 Å². The highest BCUT2D eigenvalue weighted by Gasteiger charge is 2.26. The molecule has 1 atom stereocenters. The molecule has 1 aromatic rings. The fourth-order valence-corrected chi connectivity index (χ4v) is 2.83. The number of para-hydroxylation sites is 2. The Labute approximate surface area is 113 Å². The molecule has 3 rings (SSSR count). The second-order valence-corrected chi connectivity index (χ2v) is 5.38. The van der Waals surface area contributed by atoms with Crippen molar-refractivity contribution in [3.8, 4) is 5.75 Å². The predicted octanol–water partition coefficient (Wildman–Crippen LogP) is 2.17. The summed E-state index contributed by atoms with van der Waals surface area (Å²) in [6.07, 6.45) is 4.67. The second kappa shape index (κ2) is 5.51. The highest BCUT2D eigenvalue weighted by Crippen LogP contribution is 2.28. The zero-order valence-electron chi connectivity index (χ0n) is 11.0. The lowest BCUT2D eigenvalue weighted by Crippen LogP contribution is -2.45. The van der Waals surface area contributed by atoms with Crippen molar-refractivity contribution < 1.29 is 9.53 Å². The standard InChI is InChI=1S/C15H20N2O2/c18-15(17-9-11-5-1-2-6-11)14-10-16-12-7-3-4-8-13(12)19-14/h3-4,7-8,11,14,16H,1-2,5-6,9-10H2,(H,17,18). The molecule has 0 bridgehead atoms. The highest BCUT2D eigenvalue weighted by atomic mass is 16.5.